The molecule has 7 nitrogen and oxygen atoms in total. The molecule has 4 N–H and O–H groups in total. The van der Waals surface area contributed by atoms with Crippen LogP contribution in [0.25, 0.3) is 0 Å². The molecule has 11 heteroatoms. The molecule has 0 bridgehead atoms. The lowest BCUT2D eigenvalue weighted by molar-refractivity contribution is -0.159. The number of hydrazine groups is 1. The maximum Gasteiger partial charge on any atom is 0.408 e. The van der Waals surface area contributed by atoms with Crippen LogP contribution in [0.4, 0.5) is 23.2 Å². The van der Waals surface area contributed by atoms with Gasteiger partial charge in [-0.3, -0.25) is 4.79 Å². The number of nitriles is 1. The van der Waals surface area contributed by atoms with Crippen LogP contribution < -0.4 is 21.4 Å². The molecule has 2 heterocycles. The standard InChI is InChI=1S/C23H30F4N6O/c1-12(2)30-20(23(25,26)27)15-6-5-14(11-16(15)24)31-21-19-18(8-10-29-22(19)34)33(32-21)17(7-9-28)13-3-4-13/h5-6,11-13,17-21,30-32H,3-4,7-8,10H2,1-2H3,(H,29,34)/t17-,18?,19?,20?,21?/m0/s1. The predicted octanol–water partition coefficient (Wildman–Crippen LogP) is 3.18. The highest BCUT2D eigenvalue weighted by Crippen LogP contribution is 2.41. The van der Waals surface area contributed by atoms with Crippen LogP contribution in [0.15, 0.2) is 18.2 Å². The topological polar surface area (TPSA) is 92.2 Å². The van der Waals surface area contributed by atoms with Gasteiger partial charge in [0, 0.05) is 35.9 Å². The van der Waals surface area contributed by atoms with Gasteiger partial charge in [-0.1, -0.05) is 19.9 Å². The van der Waals surface area contributed by atoms with Crippen molar-refractivity contribution in [2.24, 2.45) is 11.8 Å². The Morgan fingerprint density at radius 3 is 2.59 bits per heavy atom. The molecule has 3 aliphatic rings. The van der Waals surface area contributed by atoms with E-state index in [1.807, 2.05) is 5.01 Å². The minimum Gasteiger partial charge on any atom is -0.368 e. The highest BCUT2D eigenvalue weighted by atomic mass is 19.4. The number of nitrogens with zero attached hydrogens (tertiary/aromatic N) is 2. The summed E-state index contributed by atoms with van der Waals surface area (Å²) in [5, 5.41) is 19.7. The molecule has 186 valence electrons. The minimum absolute atomic E-state index is 0.0241. The first kappa shape index (κ1) is 24.7. The number of piperidine rings is 1. The first-order valence-corrected chi connectivity index (χ1v) is 11.7. The quantitative estimate of drug-likeness (QED) is 0.426. The van der Waals surface area contributed by atoms with Crippen molar-refractivity contribution in [2.45, 2.75) is 76.0 Å². The van der Waals surface area contributed by atoms with E-state index in [0.717, 1.165) is 25.0 Å². The molecule has 1 aromatic carbocycles. The van der Waals surface area contributed by atoms with E-state index in [1.54, 1.807) is 13.8 Å². The van der Waals surface area contributed by atoms with Crippen molar-refractivity contribution in [3.63, 3.8) is 0 Å². The van der Waals surface area contributed by atoms with Crippen LogP contribution in [0.1, 0.15) is 51.1 Å². The first-order chi connectivity index (χ1) is 16.1. The van der Waals surface area contributed by atoms with E-state index in [0.29, 0.717) is 25.3 Å². The summed E-state index contributed by atoms with van der Waals surface area (Å²) in [5.41, 5.74) is 3.11. The fourth-order valence-corrected chi connectivity index (χ4v) is 5.09. The number of nitrogens with one attached hydrogen (secondary N) is 4. The minimum atomic E-state index is -4.65. The van der Waals surface area contributed by atoms with E-state index in [4.69, 9.17) is 0 Å². The zero-order valence-corrected chi connectivity index (χ0v) is 19.1. The maximum atomic E-state index is 14.9. The van der Waals surface area contributed by atoms with Crippen LogP contribution in [0.5, 0.6) is 0 Å². The van der Waals surface area contributed by atoms with E-state index < -0.39 is 41.7 Å². The summed E-state index contributed by atoms with van der Waals surface area (Å²) in [6.45, 7) is 3.66. The van der Waals surface area contributed by atoms with Crippen molar-refractivity contribution in [1.29, 1.82) is 5.26 Å². The van der Waals surface area contributed by atoms with E-state index in [2.05, 4.69) is 27.4 Å². The monoisotopic (exact) mass is 482 g/mol. The summed E-state index contributed by atoms with van der Waals surface area (Å²) in [6, 6.07) is 3.02. The molecule has 1 saturated carbocycles. The molecule has 0 aromatic heterocycles. The second-order valence-electron chi connectivity index (χ2n) is 9.63. The number of anilines is 1. The molecule has 4 rings (SSSR count). The highest BCUT2D eigenvalue weighted by Gasteiger charge is 2.52. The molecular weight excluding hydrogens is 452 g/mol. The normalized spacial score (nSPS) is 27.1. The van der Waals surface area contributed by atoms with Crippen molar-refractivity contribution in [3.05, 3.63) is 29.6 Å². The van der Waals surface area contributed by atoms with Crippen molar-refractivity contribution < 1.29 is 22.4 Å². The van der Waals surface area contributed by atoms with Gasteiger partial charge in [0.1, 0.15) is 18.0 Å². The second kappa shape index (κ2) is 9.68. The SMILES string of the molecule is CC(C)NC(c1ccc(NC2NN([C@@H](CC#N)C3CC3)C3CCNC(=O)C23)cc1F)C(F)(F)F. The zero-order chi connectivity index (χ0) is 24.6. The Labute approximate surface area is 196 Å². The van der Waals surface area contributed by atoms with Crippen LogP contribution in [-0.4, -0.2) is 47.9 Å². The van der Waals surface area contributed by atoms with E-state index >= 15 is 0 Å². The van der Waals surface area contributed by atoms with Crippen molar-refractivity contribution in [3.8, 4) is 6.07 Å². The Kier molecular flexibility index (Phi) is 7.03. The molecule has 2 saturated heterocycles. The molecule has 0 radical (unpaired) electrons. The zero-order valence-electron chi connectivity index (χ0n) is 19.1. The van der Waals surface area contributed by atoms with E-state index in [1.165, 1.54) is 6.07 Å². The third-order valence-electron chi connectivity index (χ3n) is 6.75. The Morgan fingerprint density at radius 2 is 2.00 bits per heavy atom. The largest absolute Gasteiger partial charge is 0.408 e. The number of amides is 1. The molecule has 2 aliphatic heterocycles. The van der Waals surface area contributed by atoms with Crippen LogP contribution in [-0.2, 0) is 4.79 Å². The first-order valence-electron chi connectivity index (χ1n) is 11.7. The fourth-order valence-electron chi connectivity index (χ4n) is 5.09. The van der Waals surface area contributed by atoms with Gasteiger partial charge in [-0.15, -0.1) is 0 Å². The van der Waals surface area contributed by atoms with Gasteiger partial charge in [0.2, 0.25) is 5.91 Å². The van der Waals surface area contributed by atoms with Crippen LogP contribution in [0.3, 0.4) is 0 Å². The molecule has 3 fully saturated rings. The van der Waals surface area contributed by atoms with E-state index in [-0.39, 0.29) is 23.7 Å². The Morgan fingerprint density at radius 1 is 1.26 bits per heavy atom. The molecule has 4 unspecified atom stereocenters. The number of fused-ring (bicyclic) bond motifs is 1. The number of carbonyl (C=O) groups is 1. The second-order valence-corrected chi connectivity index (χ2v) is 9.63. The molecule has 1 amide bonds. The summed E-state index contributed by atoms with van der Waals surface area (Å²) in [4.78, 5) is 12.7. The van der Waals surface area contributed by atoms with Crippen LogP contribution in [0, 0.1) is 29.0 Å². The lowest BCUT2D eigenvalue weighted by atomic mass is 9.90. The average Bonchev–Trinajstić information content (AvgIpc) is 3.52. The molecular formula is C23H30F4N6O. The lowest BCUT2D eigenvalue weighted by Gasteiger charge is -2.34. The summed E-state index contributed by atoms with van der Waals surface area (Å²) < 4.78 is 55.4. The Balaban J connectivity index is 1.56. The van der Waals surface area contributed by atoms with Gasteiger partial charge in [-0.2, -0.15) is 18.4 Å². The maximum absolute atomic E-state index is 14.9. The number of rotatable bonds is 8. The van der Waals surface area contributed by atoms with Gasteiger partial charge in [-0.25, -0.2) is 14.8 Å². The number of alkyl halides is 3. The number of benzene rings is 1. The number of halogens is 4. The summed E-state index contributed by atoms with van der Waals surface area (Å²) in [5.74, 6) is -1.23. The molecule has 34 heavy (non-hydrogen) atoms. The van der Waals surface area contributed by atoms with Crippen molar-refractivity contribution in [1.82, 2.24) is 21.1 Å². The van der Waals surface area contributed by atoms with Gasteiger partial charge in [-0.05, 0) is 37.3 Å². The Hall–Kier alpha value is -2.42. The Bertz CT molecular complexity index is 944. The van der Waals surface area contributed by atoms with Gasteiger partial charge in [0.15, 0.2) is 0 Å². The third kappa shape index (κ3) is 5.14. The van der Waals surface area contributed by atoms with Gasteiger partial charge >= 0.3 is 6.18 Å². The van der Waals surface area contributed by atoms with E-state index in [9.17, 15) is 27.6 Å². The number of hydrogen-bond donors (Lipinski definition) is 4. The molecule has 1 aromatic rings. The predicted molar refractivity (Wildman–Crippen MR) is 117 cm³/mol. The van der Waals surface area contributed by atoms with Crippen LogP contribution >= 0.6 is 0 Å². The molecule has 1 aliphatic carbocycles. The number of hydrogen-bond acceptors (Lipinski definition) is 6. The van der Waals surface area contributed by atoms with Gasteiger partial charge < -0.3 is 16.0 Å². The smallest absolute Gasteiger partial charge is 0.368 e. The van der Waals surface area contributed by atoms with Gasteiger partial charge in [0.05, 0.1) is 18.4 Å². The van der Waals surface area contributed by atoms with Crippen molar-refractivity contribution >= 4 is 11.6 Å². The van der Waals surface area contributed by atoms with Crippen LogP contribution in [0.2, 0.25) is 0 Å². The lowest BCUT2D eigenvalue weighted by Crippen LogP contribution is -2.52. The highest BCUT2D eigenvalue weighted by molar-refractivity contribution is 5.82. The average molecular weight is 483 g/mol. The molecule has 5 atom stereocenters. The molecule has 0 spiro atoms. The van der Waals surface area contributed by atoms with Gasteiger partial charge in [0.25, 0.3) is 0 Å². The summed E-state index contributed by atoms with van der Waals surface area (Å²) >= 11 is 0. The fraction of sp³-hybridized carbons (Fsp3) is 0.652. The third-order valence-corrected chi connectivity index (χ3v) is 6.75. The summed E-state index contributed by atoms with van der Waals surface area (Å²) in [6.07, 6.45) is -2.13. The summed E-state index contributed by atoms with van der Waals surface area (Å²) in [7, 11) is 0. The van der Waals surface area contributed by atoms with Crippen molar-refractivity contribution in [2.75, 3.05) is 11.9 Å². The number of carbonyl (C=O) groups excluding carboxylic acids is 1.